The maximum Gasteiger partial charge on any atom is 0.266 e. The molecule has 0 bridgehead atoms. The van der Waals surface area contributed by atoms with E-state index in [0.717, 1.165) is 27.8 Å². The SMILES string of the molecule is Cc1cc(NC(=O)C(Cc2ccc(C(=O)NCCS(=O)(=O)O)cc2)c2ccc(C(C)(C)C)cc2)ccc1-c1ccc(Cl)c(F)c1. The largest absolute Gasteiger partial charge is 0.351 e. The van der Waals surface area contributed by atoms with Crippen LogP contribution in [-0.2, 0) is 26.7 Å². The normalized spacial score (nSPS) is 12.4. The van der Waals surface area contributed by atoms with Gasteiger partial charge in [0, 0.05) is 17.8 Å². The monoisotopic (exact) mass is 650 g/mol. The molecular formula is C35H36ClFN2O5S. The minimum absolute atomic E-state index is 0.0513. The summed E-state index contributed by atoms with van der Waals surface area (Å²) in [7, 11) is -4.18. The molecule has 0 spiro atoms. The Hall–Kier alpha value is -4.05. The third-order valence-corrected chi connectivity index (χ3v) is 8.55. The molecule has 0 aliphatic rings. The number of rotatable bonds is 10. The summed E-state index contributed by atoms with van der Waals surface area (Å²) in [6.07, 6.45) is 0.354. The molecule has 7 nitrogen and oxygen atoms in total. The van der Waals surface area contributed by atoms with E-state index in [-0.39, 0.29) is 22.9 Å². The number of amides is 2. The minimum Gasteiger partial charge on any atom is -0.351 e. The van der Waals surface area contributed by atoms with Gasteiger partial charge in [-0.3, -0.25) is 14.1 Å². The average Bonchev–Trinajstić information content (AvgIpc) is 2.96. The number of aryl methyl sites for hydroxylation is 1. The van der Waals surface area contributed by atoms with Crippen LogP contribution in [0.25, 0.3) is 11.1 Å². The zero-order valence-corrected chi connectivity index (χ0v) is 27.1. The highest BCUT2D eigenvalue weighted by atomic mass is 35.5. The summed E-state index contributed by atoms with van der Waals surface area (Å²) >= 11 is 5.85. The number of hydrogen-bond donors (Lipinski definition) is 3. The summed E-state index contributed by atoms with van der Waals surface area (Å²) in [6, 6.07) is 24.8. The molecule has 1 unspecified atom stereocenters. The molecule has 2 amide bonds. The van der Waals surface area contributed by atoms with Crippen molar-refractivity contribution in [1.29, 1.82) is 0 Å². The summed E-state index contributed by atoms with van der Waals surface area (Å²) in [5.41, 5.74) is 6.01. The summed E-state index contributed by atoms with van der Waals surface area (Å²) in [4.78, 5) is 26.2. The fraction of sp³-hybridized carbons (Fsp3) is 0.257. The van der Waals surface area contributed by atoms with Crippen molar-refractivity contribution >= 4 is 39.2 Å². The molecule has 0 fully saturated rings. The van der Waals surface area contributed by atoms with Crippen molar-refractivity contribution in [3.63, 3.8) is 0 Å². The first-order valence-electron chi connectivity index (χ1n) is 14.4. The molecule has 45 heavy (non-hydrogen) atoms. The van der Waals surface area contributed by atoms with Crippen molar-refractivity contribution in [1.82, 2.24) is 5.32 Å². The second-order valence-corrected chi connectivity index (χ2v) is 14.0. The Morgan fingerprint density at radius 2 is 1.60 bits per heavy atom. The molecule has 1 atom stereocenters. The lowest BCUT2D eigenvalue weighted by molar-refractivity contribution is -0.117. The Bertz CT molecular complexity index is 1800. The maximum absolute atomic E-state index is 14.1. The van der Waals surface area contributed by atoms with Gasteiger partial charge >= 0.3 is 0 Å². The molecule has 0 aromatic heterocycles. The lowest BCUT2D eigenvalue weighted by Gasteiger charge is -2.22. The zero-order valence-electron chi connectivity index (χ0n) is 25.5. The van der Waals surface area contributed by atoms with E-state index in [2.05, 4.69) is 31.4 Å². The molecular weight excluding hydrogens is 615 g/mol. The van der Waals surface area contributed by atoms with Crippen LogP contribution < -0.4 is 10.6 Å². The quantitative estimate of drug-likeness (QED) is 0.156. The van der Waals surface area contributed by atoms with Gasteiger partial charge in [0.1, 0.15) is 5.82 Å². The van der Waals surface area contributed by atoms with Crippen LogP contribution in [0.3, 0.4) is 0 Å². The maximum atomic E-state index is 14.1. The second-order valence-electron chi connectivity index (χ2n) is 12.0. The highest BCUT2D eigenvalue weighted by Gasteiger charge is 2.23. The molecule has 0 heterocycles. The van der Waals surface area contributed by atoms with Gasteiger partial charge < -0.3 is 10.6 Å². The molecule has 3 N–H and O–H groups in total. The summed E-state index contributed by atoms with van der Waals surface area (Å²) < 4.78 is 44.8. The number of hydrogen-bond acceptors (Lipinski definition) is 4. The summed E-state index contributed by atoms with van der Waals surface area (Å²) in [5, 5.41) is 5.56. The minimum atomic E-state index is -4.18. The predicted octanol–water partition coefficient (Wildman–Crippen LogP) is 7.33. The van der Waals surface area contributed by atoms with E-state index in [4.69, 9.17) is 16.2 Å². The van der Waals surface area contributed by atoms with Crippen LogP contribution in [0.5, 0.6) is 0 Å². The van der Waals surface area contributed by atoms with Crippen LogP contribution in [0.2, 0.25) is 5.02 Å². The number of carbonyl (C=O) groups is 2. The van der Waals surface area contributed by atoms with Crippen LogP contribution in [0.15, 0.2) is 84.9 Å². The number of anilines is 1. The van der Waals surface area contributed by atoms with E-state index in [9.17, 15) is 22.4 Å². The van der Waals surface area contributed by atoms with E-state index in [0.29, 0.717) is 23.2 Å². The van der Waals surface area contributed by atoms with Gasteiger partial charge in [-0.2, -0.15) is 8.42 Å². The molecule has 0 saturated carbocycles. The third kappa shape index (κ3) is 9.23. The van der Waals surface area contributed by atoms with E-state index < -0.39 is 33.5 Å². The Balaban J connectivity index is 1.56. The molecule has 4 rings (SSSR count). The Morgan fingerprint density at radius 1 is 0.933 bits per heavy atom. The smallest absolute Gasteiger partial charge is 0.266 e. The van der Waals surface area contributed by atoms with E-state index in [1.54, 1.807) is 36.4 Å². The standard InChI is InChI=1S/C35H36ClFN2O5S/c1-22-19-28(14-15-29(22)26-11-16-31(36)32(37)21-26)39-34(41)30(24-9-12-27(13-10-24)35(2,3)4)20-23-5-7-25(8-6-23)33(40)38-17-18-45(42,43)44/h5-16,19,21,30H,17-18,20H2,1-4H3,(H,38,40)(H,39,41)(H,42,43,44). The molecule has 4 aromatic carbocycles. The van der Waals surface area contributed by atoms with E-state index >= 15 is 0 Å². The highest BCUT2D eigenvalue weighted by Crippen LogP contribution is 2.31. The van der Waals surface area contributed by atoms with Crippen LogP contribution in [-0.4, -0.2) is 37.1 Å². The number of halogens is 2. The van der Waals surface area contributed by atoms with E-state index in [1.807, 2.05) is 43.3 Å². The van der Waals surface area contributed by atoms with Gasteiger partial charge in [0.2, 0.25) is 5.91 Å². The molecule has 4 aromatic rings. The fourth-order valence-electron chi connectivity index (χ4n) is 4.96. The first-order valence-corrected chi connectivity index (χ1v) is 16.4. The van der Waals surface area contributed by atoms with Gasteiger partial charge in [0.15, 0.2) is 0 Å². The topological polar surface area (TPSA) is 113 Å². The fourth-order valence-corrected chi connectivity index (χ4v) is 5.44. The number of carbonyl (C=O) groups excluding carboxylic acids is 2. The van der Waals surface area contributed by atoms with E-state index in [1.165, 1.54) is 12.1 Å². The van der Waals surface area contributed by atoms with Crippen molar-refractivity contribution in [2.24, 2.45) is 0 Å². The van der Waals surface area contributed by atoms with Crippen LogP contribution >= 0.6 is 11.6 Å². The third-order valence-electron chi connectivity index (χ3n) is 7.52. The van der Waals surface area contributed by atoms with Gasteiger partial charge in [-0.25, -0.2) is 4.39 Å². The Morgan fingerprint density at radius 3 is 2.18 bits per heavy atom. The molecule has 0 saturated heterocycles. The highest BCUT2D eigenvalue weighted by molar-refractivity contribution is 7.85. The lowest BCUT2D eigenvalue weighted by Crippen LogP contribution is -2.28. The van der Waals surface area contributed by atoms with Gasteiger partial charge in [0.25, 0.3) is 16.0 Å². The second kappa shape index (κ2) is 13.9. The lowest BCUT2D eigenvalue weighted by atomic mass is 9.84. The molecule has 0 aliphatic carbocycles. The Kier molecular flexibility index (Phi) is 10.5. The van der Waals surface area contributed by atoms with Crippen molar-refractivity contribution < 1.29 is 27.0 Å². The van der Waals surface area contributed by atoms with Crippen LogP contribution in [0, 0.1) is 12.7 Å². The molecule has 0 aliphatic heterocycles. The first-order chi connectivity index (χ1) is 21.1. The number of nitrogens with one attached hydrogen (secondary N) is 2. The van der Waals surface area contributed by atoms with Crippen LogP contribution in [0.1, 0.15) is 59.3 Å². The van der Waals surface area contributed by atoms with Gasteiger partial charge in [0.05, 0.1) is 16.7 Å². The van der Waals surface area contributed by atoms with Crippen LogP contribution in [0.4, 0.5) is 10.1 Å². The van der Waals surface area contributed by atoms with Crippen molar-refractivity contribution in [3.8, 4) is 11.1 Å². The summed E-state index contributed by atoms with van der Waals surface area (Å²) in [5.74, 6) is -2.33. The van der Waals surface area contributed by atoms with Gasteiger partial charge in [-0.15, -0.1) is 0 Å². The average molecular weight is 651 g/mol. The number of benzene rings is 4. The van der Waals surface area contributed by atoms with Crippen molar-refractivity contribution in [3.05, 3.63) is 124 Å². The molecule has 236 valence electrons. The molecule has 10 heteroatoms. The van der Waals surface area contributed by atoms with Gasteiger partial charge in [-0.1, -0.05) is 80.9 Å². The predicted molar refractivity (Wildman–Crippen MR) is 177 cm³/mol. The zero-order chi connectivity index (χ0) is 32.9. The van der Waals surface area contributed by atoms with Crippen molar-refractivity contribution in [2.75, 3.05) is 17.6 Å². The van der Waals surface area contributed by atoms with Gasteiger partial charge in [-0.05, 0) is 88.5 Å². The summed E-state index contributed by atoms with van der Waals surface area (Å²) in [6.45, 7) is 8.04. The molecule has 0 radical (unpaired) electrons. The first kappa shape index (κ1) is 33.8. The van der Waals surface area contributed by atoms with Crippen molar-refractivity contribution in [2.45, 2.75) is 45.4 Å². The Labute approximate surface area is 268 Å².